The molecule has 8 heteroatoms. The molecule has 7 nitrogen and oxygen atoms in total. The Morgan fingerprint density at radius 1 is 1.23 bits per heavy atom. The molecule has 0 aromatic carbocycles. The molecule has 0 atom stereocenters. The SMILES string of the molecule is Cc1cnc(N[C@H]2CC[C@@H](NC(=O)c3ccc(Cl)o3)CC2)nc1N(C)C. The molecule has 2 aromatic heterocycles. The fourth-order valence-corrected chi connectivity index (χ4v) is 3.36. The van der Waals surface area contributed by atoms with Gasteiger partial charge >= 0.3 is 0 Å². The normalized spacial score (nSPS) is 19.8. The van der Waals surface area contributed by atoms with Crippen molar-refractivity contribution in [2.45, 2.75) is 44.7 Å². The molecular weight excluding hydrogens is 354 g/mol. The van der Waals surface area contributed by atoms with Gasteiger partial charge in [-0.25, -0.2) is 4.98 Å². The van der Waals surface area contributed by atoms with E-state index in [9.17, 15) is 4.79 Å². The summed E-state index contributed by atoms with van der Waals surface area (Å²) in [6, 6.07) is 3.60. The molecule has 2 aromatic rings. The third-order valence-corrected chi connectivity index (χ3v) is 4.76. The number of hydrogen-bond donors (Lipinski definition) is 2. The summed E-state index contributed by atoms with van der Waals surface area (Å²) < 4.78 is 5.15. The van der Waals surface area contributed by atoms with Crippen LogP contribution in [0.3, 0.4) is 0 Å². The van der Waals surface area contributed by atoms with Crippen molar-refractivity contribution in [3.63, 3.8) is 0 Å². The maximum atomic E-state index is 12.1. The monoisotopic (exact) mass is 377 g/mol. The van der Waals surface area contributed by atoms with Crippen molar-refractivity contribution >= 4 is 29.3 Å². The van der Waals surface area contributed by atoms with E-state index in [1.165, 1.54) is 0 Å². The van der Waals surface area contributed by atoms with Crippen LogP contribution in [0.15, 0.2) is 22.7 Å². The van der Waals surface area contributed by atoms with Gasteiger partial charge in [0.1, 0.15) is 5.82 Å². The number of nitrogens with zero attached hydrogens (tertiary/aromatic N) is 3. The van der Waals surface area contributed by atoms with Gasteiger partial charge in [0.15, 0.2) is 11.0 Å². The first-order valence-corrected chi connectivity index (χ1v) is 9.14. The zero-order valence-corrected chi connectivity index (χ0v) is 16.0. The molecule has 3 rings (SSSR count). The number of aromatic nitrogens is 2. The van der Waals surface area contributed by atoms with Gasteiger partial charge in [0.25, 0.3) is 5.91 Å². The summed E-state index contributed by atoms with van der Waals surface area (Å²) in [6.45, 7) is 2.00. The van der Waals surface area contributed by atoms with Crippen LogP contribution in [0.25, 0.3) is 0 Å². The minimum Gasteiger partial charge on any atom is -0.440 e. The summed E-state index contributed by atoms with van der Waals surface area (Å²) in [5, 5.41) is 6.64. The Morgan fingerprint density at radius 2 is 1.92 bits per heavy atom. The molecule has 1 saturated carbocycles. The number of rotatable bonds is 5. The smallest absolute Gasteiger partial charge is 0.287 e. The van der Waals surface area contributed by atoms with Crippen LogP contribution in [0.5, 0.6) is 0 Å². The number of carbonyl (C=O) groups excluding carboxylic acids is 1. The lowest BCUT2D eigenvalue weighted by Gasteiger charge is -2.29. The van der Waals surface area contributed by atoms with Crippen LogP contribution in [0.2, 0.25) is 5.22 Å². The fraction of sp³-hybridized carbons (Fsp3) is 0.500. The van der Waals surface area contributed by atoms with Gasteiger partial charge in [0.2, 0.25) is 5.95 Å². The number of halogens is 1. The van der Waals surface area contributed by atoms with E-state index in [4.69, 9.17) is 16.0 Å². The number of carbonyl (C=O) groups is 1. The van der Waals surface area contributed by atoms with Crippen LogP contribution in [0.4, 0.5) is 11.8 Å². The highest BCUT2D eigenvalue weighted by atomic mass is 35.5. The summed E-state index contributed by atoms with van der Waals surface area (Å²) >= 11 is 5.71. The van der Waals surface area contributed by atoms with Gasteiger partial charge in [-0.05, 0) is 56.3 Å². The zero-order valence-electron chi connectivity index (χ0n) is 15.3. The zero-order chi connectivity index (χ0) is 18.7. The van der Waals surface area contributed by atoms with Crippen molar-refractivity contribution in [3.05, 3.63) is 34.9 Å². The number of aryl methyl sites for hydroxylation is 1. The van der Waals surface area contributed by atoms with Gasteiger partial charge < -0.3 is 20.0 Å². The summed E-state index contributed by atoms with van der Waals surface area (Å²) in [4.78, 5) is 23.1. The second kappa shape index (κ2) is 7.95. The predicted molar refractivity (Wildman–Crippen MR) is 102 cm³/mol. The van der Waals surface area contributed by atoms with E-state index in [2.05, 4.69) is 20.6 Å². The Kier molecular flexibility index (Phi) is 5.66. The average molecular weight is 378 g/mol. The lowest BCUT2D eigenvalue weighted by atomic mass is 9.91. The minimum atomic E-state index is -0.217. The highest BCUT2D eigenvalue weighted by molar-refractivity contribution is 6.29. The highest BCUT2D eigenvalue weighted by Crippen LogP contribution is 2.23. The molecule has 2 N–H and O–H groups in total. The van der Waals surface area contributed by atoms with Gasteiger partial charge in [-0.15, -0.1) is 0 Å². The summed E-state index contributed by atoms with van der Waals surface area (Å²) in [5.41, 5.74) is 1.05. The molecule has 140 valence electrons. The fourth-order valence-electron chi connectivity index (χ4n) is 3.21. The number of anilines is 2. The minimum absolute atomic E-state index is 0.140. The van der Waals surface area contributed by atoms with E-state index >= 15 is 0 Å². The topological polar surface area (TPSA) is 83.3 Å². The van der Waals surface area contributed by atoms with Crippen molar-refractivity contribution in [3.8, 4) is 0 Å². The largest absolute Gasteiger partial charge is 0.440 e. The first-order valence-electron chi connectivity index (χ1n) is 8.76. The van der Waals surface area contributed by atoms with Crippen LogP contribution in [-0.4, -0.2) is 42.1 Å². The molecule has 0 saturated heterocycles. The standard InChI is InChI=1S/C18H24ClN5O2/c1-11-10-20-18(23-16(11)24(2)3)22-13-6-4-12(5-7-13)21-17(25)14-8-9-15(19)26-14/h8-10,12-13H,4-7H2,1-3H3,(H,21,25)(H,20,22,23)/t12-,13+. The van der Waals surface area contributed by atoms with Crippen molar-refractivity contribution in [1.29, 1.82) is 0 Å². The van der Waals surface area contributed by atoms with Gasteiger partial charge in [-0.1, -0.05) is 0 Å². The predicted octanol–water partition coefficient (Wildman–Crippen LogP) is 3.25. The van der Waals surface area contributed by atoms with E-state index in [0.717, 1.165) is 37.1 Å². The molecule has 0 bridgehead atoms. The third-order valence-electron chi connectivity index (χ3n) is 4.56. The van der Waals surface area contributed by atoms with E-state index < -0.39 is 0 Å². The van der Waals surface area contributed by atoms with E-state index in [-0.39, 0.29) is 22.9 Å². The van der Waals surface area contributed by atoms with Crippen LogP contribution in [0.1, 0.15) is 41.8 Å². The van der Waals surface area contributed by atoms with E-state index in [1.54, 1.807) is 12.1 Å². The Morgan fingerprint density at radius 3 is 2.54 bits per heavy atom. The molecule has 0 radical (unpaired) electrons. The Balaban J connectivity index is 1.51. The third kappa shape index (κ3) is 4.46. The lowest BCUT2D eigenvalue weighted by Crippen LogP contribution is -2.40. The molecule has 1 fully saturated rings. The maximum Gasteiger partial charge on any atom is 0.287 e. The molecule has 0 spiro atoms. The molecule has 1 amide bonds. The summed E-state index contributed by atoms with van der Waals surface area (Å²) in [5.74, 6) is 1.60. The van der Waals surface area contributed by atoms with Gasteiger partial charge in [0.05, 0.1) is 0 Å². The van der Waals surface area contributed by atoms with Crippen LogP contribution >= 0.6 is 11.6 Å². The molecule has 2 heterocycles. The molecule has 0 aliphatic heterocycles. The Bertz CT molecular complexity index is 769. The van der Waals surface area contributed by atoms with Crippen LogP contribution in [-0.2, 0) is 0 Å². The molecule has 26 heavy (non-hydrogen) atoms. The maximum absolute atomic E-state index is 12.1. The average Bonchev–Trinajstić information content (AvgIpc) is 3.05. The first-order chi connectivity index (χ1) is 12.4. The second-order valence-corrected chi connectivity index (χ2v) is 7.24. The molecular formula is C18H24ClN5O2. The molecule has 0 unspecified atom stereocenters. The molecule has 1 aliphatic rings. The van der Waals surface area contributed by atoms with Gasteiger partial charge in [0, 0.05) is 37.9 Å². The molecule has 1 aliphatic carbocycles. The van der Waals surface area contributed by atoms with Crippen LogP contribution < -0.4 is 15.5 Å². The van der Waals surface area contributed by atoms with Crippen molar-refractivity contribution in [2.24, 2.45) is 0 Å². The quantitative estimate of drug-likeness (QED) is 0.832. The Hall–Kier alpha value is -2.28. The number of hydrogen-bond acceptors (Lipinski definition) is 6. The van der Waals surface area contributed by atoms with E-state index in [1.807, 2.05) is 32.1 Å². The summed E-state index contributed by atoms with van der Waals surface area (Å²) in [6.07, 6.45) is 5.51. The van der Waals surface area contributed by atoms with Crippen molar-refractivity contribution < 1.29 is 9.21 Å². The number of furan rings is 1. The van der Waals surface area contributed by atoms with Crippen molar-refractivity contribution in [2.75, 3.05) is 24.3 Å². The highest BCUT2D eigenvalue weighted by Gasteiger charge is 2.24. The lowest BCUT2D eigenvalue weighted by molar-refractivity contribution is 0.0898. The first kappa shape index (κ1) is 18.5. The number of nitrogens with one attached hydrogen (secondary N) is 2. The summed E-state index contributed by atoms with van der Waals surface area (Å²) in [7, 11) is 3.94. The van der Waals surface area contributed by atoms with Crippen LogP contribution in [0, 0.1) is 6.92 Å². The second-order valence-electron chi connectivity index (χ2n) is 6.86. The van der Waals surface area contributed by atoms with Crippen molar-refractivity contribution in [1.82, 2.24) is 15.3 Å². The Labute approximate surface area is 158 Å². The van der Waals surface area contributed by atoms with Gasteiger partial charge in [-0.3, -0.25) is 4.79 Å². The van der Waals surface area contributed by atoms with Gasteiger partial charge in [-0.2, -0.15) is 4.98 Å². The number of amides is 1. The van der Waals surface area contributed by atoms with E-state index in [0.29, 0.717) is 12.0 Å².